The first-order valence-corrected chi connectivity index (χ1v) is 7.15. The zero-order valence-electron chi connectivity index (χ0n) is 12.1. The number of benzene rings is 1. The standard InChI is InChI=1S/C16H14F3N3O/c17-16(18,19)11-3-5-14(21-9-11)15(23)22-12-4-6-13-10(8-12)2-1-7-20-13/h3-6,8-9,20H,1-2,7H2,(H,22,23). The largest absolute Gasteiger partial charge is 0.417 e. The number of pyridine rings is 1. The zero-order chi connectivity index (χ0) is 16.4. The fourth-order valence-electron chi connectivity index (χ4n) is 2.44. The van der Waals surface area contributed by atoms with Gasteiger partial charge in [0.2, 0.25) is 0 Å². The van der Waals surface area contributed by atoms with Crippen molar-refractivity contribution in [1.29, 1.82) is 0 Å². The van der Waals surface area contributed by atoms with Gasteiger partial charge in [0.05, 0.1) is 5.56 Å². The molecule has 0 saturated carbocycles. The SMILES string of the molecule is O=C(Nc1ccc2c(c1)CCCN2)c1ccc(C(F)(F)F)cn1. The lowest BCUT2D eigenvalue weighted by atomic mass is 10.0. The van der Waals surface area contributed by atoms with E-state index in [4.69, 9.17) is 0 Å². The van der Waals surface area contributed by atoms with Crippen LogP contribution in [0, 0.1) is 0 Å². The molecular weight excluding hydrogens is 307 g/mol. The molecule has 2 aromatic rings. The molecule has 23 heavy (non-hydrogen) atoms. The topological polar surface area (TPSA) is 54.0 Å². The highest BCUT2D eigenvalue weighted by Gasteiger charge is 2.30. The van der Waals surface area contributed by atoms with E-state index >= 15 is 0 Å². The van der Waals surface area contributed by atoms with Crippen LogP contribution in [0.5, 0.6) is 0 Å². The number of hydrogen-bond donors (Lipinski definition) is 2. The molecule has 3 rings (SSSR count). The third-order valence-electron chi connectivity index (χ3n) is 3.62. The fraction of sp³-hybridized carbons (Fsp3) is 0.250. The van der Waals surface area contributed by atoms with Gasteiger partial charge >= 0.3 is 6.18 Å². The Morgan fingerprint density at radius 2 is 2.04 bits per heavy atom. The molecule has 2 N–H and O–H groups in total. The molecule has 0 spiro atoms. The van der Waals surface area contributed by atoms with E-state index < -0.39 is 17.6 Å². The number of nitrogens with zero attached hydrogens (tertiary/aromatic N) is 1. The van der Waals surface area contributed by atoms with E-state index in [1.54, 1.807) is 6.07 Å². The summed E-state index contributed by atoms with van der Waals surface area (Å²) in [4.78, 5) is 15.7. The molecule has 1 aliphatic rings. The molecule has 0 aliphatic carbocycles. The highest BCUT2D eigenvalue weighted by atomic mass is 19.4. The minimum absolute atomic E-state index is 0.0613. The Balaban J connectivity index is 1.74. The second-order valence-electron chi connectivity index (χ2n) is 5.29. The third kappa shape index (κ3) is 3.44. The smallest absolute Gasteiger partial charge is 0.385 e. The number of carbonyl (C=O) groups is 1. The summed E-state index contributed by atoms with van der Waals surface area (Å²) in [5, 5.41) is 5.92. The molecular formula is C16H14F3N3O. The average Bonchev–Trinajstić information content (AvgIpc) is 2.54. The number of aromatic nitrogens is 1. The van der Waals surface area contributed by atoms with E-state index in [1.165, 1.54) is 0 Å². The number of halogens is 3. The average molecular weight is 321 g/mol. The van der Waals surface area contributed by atoms with Crippen LogP contribution < -0.4 is 10.6 Å². The van der Waals surface area contributed by atoms with Gasteiger partial charge in [-0.1, -0.05) is 0 Å². The van der Waals surface area contributed by atoms with Crippen molar-refractivity contribution in [2.24, 2.45) is 0 Å². The van der Waals surface area contributed by atoms with Gasteiger partial charge in [0.1, 0.15) is 5.69 Å². The van der Waals surface area contributed by atoms with Crippen LogP contribution >= 0.6 is 0 Å². The van der Waals surface area contributed by atoms with Crippen molar-refractivity contribution in [2.75, 3.05) is 17.2 Å². The quantitative estimate of drug-likeness (QED) is 0.886. The number of nitrogens with one attached hydrogen (secondary N) is 2. The first-order valence-electron chi connectivity index (χ1n) is 7.15. The van der Waals surface area contributed by atoms with Crippen LogP contribution in [-0.2, 0) is 12.6 Å². The van der Waals surface area contributed by atoms with Gasteiger partial charge in [-0.25, -0.2) is 0 Å². The molecule has 1 amide bonds. The Kier molecular flexibility index (Phi) is 3.94. The molecule has 0 bridgehead atoms. The van der Waals surface area contributed by atoms with E-state index in [1.807, 2.05) is 12.1 Å². The number of hydrogen-bond acceptors (Lipinski definition) is 3. The van der Waals surface area contributed by atoms with Crippen LogP contribution in [-0.4, -0.2) is 17.4 Å². The van der Waals surface area contributed by atoms with E-state index in [2.05, 4.69) is 15.6 Å². The number of carbonyl (C=O) groups excluding carboxylic acids is 1. The van der Waals surface area contributed by atoms with Gasteiger partial charge in [-0.15, -0.1) is 0 Å². The Hall–Kier alpha value is -2.57. The Labute approximate surface area is 130 Å². The maximum Gasteiger partial charge on any atom is 0.417 e. The van der Waals surface area contributed by atoms with Crippen molar-refractivity contribution in [3.8, 4) is 0 Å². The highest BCUT2D eigenvalue weighted by Crippen LogP contribution is 2.28. The molecule has 7 heteroatoms. The summed E-state index contributed by atoms with van der Waals surface area (Å²) in [7, 11) is 0. The van der Waals surface area contributed by atoms with Crippen molar-refractivity contribution in [2.45, 2.75) is 19.0 Å². The van der Waals surface area contributed by atoms with Gasteiger partial charge in [-0.2, -0.15) is 13.2 Å². The second-order valence-corrected chi connectivity index (χ2v) is 5.29. The molecule has 0 unspecified atom stereocenters. The fourth-order valence-corrected chi connectivity index (χ4v) is 2.44. The molecule has 0 radical (unpaired) electrons. The molecule has 4 nitrogen and oxygen atoms in total. The summed E-state index contributed by atoms with van der Waals surface area (Å²) < 4.78 is 37.4. The van der Waals surface area contributed by atoms with E-state index in [0.717, 1.165) is 42.8 Å². The summed E-state index contributed by atoms with van der Waals surface area (Å²) in [5.41, 5.74) is 1.80. The lowest BCUT2D eigenvalue weighted by Gasteiger charge is -2.18. The molecule has 2 heterocycles. The van der Waals surface area contributed by atoms with E-state index in [9.17, 15) is 18.0 Å². The predicted octanol–water partition coefficient (Wildman–Crippen LogP) is 3.71. The third-order valence-corrected chi connectivity index (χ3v) is 3.62. The minimum atomic E-state index is -4.46. The van der Waals surface area contributed by atoms with E-state index in [-0.39, 0.29) is 5.69 Å². The maximum atomic E-state index is 12.5. The molecule has 1 aliphatic heterocycles. The number of amides is 1. The molecule has 120 valence electrons. The summed E-state index contributed by atoms with van der Waals surface area (Å²) in [5.74, 6) is -0.539. The van der Waals surface area contributed by atoms with Crippen LogP contribution in [0.4, 0.5) is 24.5 Å². The van der Waals surface area contributed by atoms with Crippen molar-refractivity contribution in [3.63, 3.8) is 0 Å². The Bertz CT molecular complexity index is 726. The number of rotatable bonds is 2. The molecule has 0 fully saturated rings. The molecule has 0 atom stereocenters. The summed E-state index contributed by atoms with van der Waals surface area (Å²) >= 11 is 0. The summed E-state index contributed by atoms with van der Waals surface area (Å²) in [6.07, 6.45) is -1.87. The van der Waals surface area contributed by atoms with Crippen molar-refractivity contribution in [3.05, 3.63) is 53.3 Å². The van der Waals surface area contributed by atoms with Gasteiger partial charge in [0.25, 0.3) is 5.91 Å². The van der Waals surface area contributed by atoms with Crippen LogP contribution in [0.25, 0.3) is 0 Å². The van der Waals surface area contributed by atoms with Crippen molar-refractivity contribution in [1.82, 2.24) is 4.98 Å². The minimum Gasteiger partial charge on any atom is -0.385 e. The van der Waals surface area contributed by atoms with Crippen molar-refractivity contribution >= 4 is 17.3 Å². The number of fused-ring (bicyclic) bond motifs is 1. The van der Waals surface area contributed by atoms with Gasteiger partial charge in [-0.3, -0.25) is 9.78 Å². The van der Waals surface area contributed by atoms with Crippen LogP contribution in [0.3, 0.4) is 0 Å². The molecule has 0 saturated heterocycles. The summed E-state index contributed by atoms with van der Waals surface area (Å²) in [6, 6.07) is 7.41. The number of anilines is 2. The number of aryl methyl sites for hydroxylation is 1. The first-order chi connectivity index (χ1) is 10.9. The van der Waals surface area contributed by atoms with Crippen LogP contribution in [0.15, 0.2) is 36.5 Å². The highest BCUT2D eigenvalue weighted by molar-refractivity contribution is 6.03. The summed E-state index contributed by atoms with van der Waals surface area (Å²) in [6.45, 7) is 0.925. The Morgan fingerprint density at radius 1 is 1.22 bits per heavy atom. The molecule has 1 aromatic heterocycles. The lowest BCUT2D eigenvalue weighted by molar-refractivity contribution is -0.137. The van der Waals surface area contributed by atoms with Gasteiger partial charge < -0.3 is 10.6 Å². The molecule has 1 aromatic carbocycles. The van der Waals surface area contributed by atoms with E-state index in [0.29, 0.717) is 11.9 Å². The second kappa shape index (κ2) is 5.91. The Morgan fingerprint density at radius 3 is 2.74 bits per heavy atom. The first kappa shape index (κ1) is 15.3. The lowest BCUT2D eigenvalue weighted by Crippen LogP contribution is -2.16. The van der Waals surface area contributed by atoms with Gasteiger partial charge in [0.15, 0.2) is 0 Å². The zero-order valence-corrected chi connectivity index (χ0v) is 12.1. The van der Waals surface area contributed by atoms with Gasteiger partial charge in [-0.05, 0) is 48.7 Å². The van der Waals surface area contributed by atoms with Crippen molar-refractivity contribution < 1.29 is 18.0 Å². The predicted molar refractivity (Wildman–Crippen MR) is 80.4 cm³/mol. The normalized spacial score (nSPS) is 13.9. The number of alkyl halides is 3. The maximum absolute atomic E-state index is 12.5. The van der Waals surface area contributed by atoms with Gasteiger partial charge in [0, 0.05) is 24.1 Å². The van der Waals surface area contributed by atoms with Crippen LogP contribution in [0.2, 0.25) is 0 Å². The van der Waals surface area contributed by atoms with Crippen LogP contribution in [0.1, 0.15) is 28.0 Å². The monoisotopic (exact) mass is 321 g/mol.